The Labute approximate surface area is 92.0 Å². The summed E-state index contributed by atoms with van der Waals surface area (Å²) in [5.41, 5.74) is 0.769. The fraction of sp³-hybridized carbons (Fsp3) is 0.300. The Morgan fingerprint density at radius 2 is 2.12 bits per heavy atom. The van der Waals surface area contributed by atoms with Gasteiger partial charge in [-0.2, -0.15) is 0 Å². The predicted molar refractivity (Wildman–Crippen MR) is 54.6 cm³/mol. The quantitative estimate of drug-likeness (QED) is 0.728. The monoisotopic (exact) mass is 224 g/mol. The molecule has 0 aliphatic carbocycles. The van der Waals surface area contributed by atoms with E-state index in [4.69, 9.17) is 9.52 Å². The van der Waals surface area contributed by atoms with Crippen LogP contribution in [0.15, 0.2) is 16.6 Å². The minimum atomic E-state index is -1.17. The van der Waals surface area contributed by atoms with Crippen molar-refractivity contribution in [1.29, 1.82) is 0 Å². The highest BCUT2D eigenvalue weighted by Gasteiger charge is 2.05. The van der Waals surface area contributed by atoms with E-state index in [2.05, 4.69) is 10.3 Å². The summed E-state index contributed by atoms with van der Waals surface area (Å²) in [6.07, 6.45) is 1.70. The lowest BCUT2D eigenvalue weighted by Gasteiger charge is -1.96. The third-order valence-corrected chi connectivity index (χ3v) is 1.86. The topological polar surface area (TPSA) is 92.4 Å². The van der Waals surface area contributed by atoms with Crippen LogP contribution < -0.4 is 5.32 Å². The minimum absolute atomic E-state index is 0.136. The van der Waals surface area contributed by atoms with Gasteiger partial charge in [0.05, 0.1) is 12.2 Å². The first kappa shape index (κ1) is 12.0. The van der Waals surface area contributed by atoms with E-state index >= 15 is 0 Å². The molecule has 0 aliphatic heterocycles. The summed E-state index contributed by atoms with van der Waals surface area (Å²) < 4.78 is 5.22. The number of hydrogen-bond donors (Lipinski definition) is 2. The van der Waals surface area contributed by atoms with Crippen molar-refractivity contribution < 1.29 is 19.1 Å². The van der Waals surface area contributed by atoms with Crippen molar-refractivity contribution in [3.63, 3.8) is 0 Å². The Bertz CT molecular complexity index is 415. The number of nitrogens with zero attached hydrogens (tertiary/aromatic N) is 1. The normalized spacial score (nSPS) is 10.6. The van der Waals surface area contributed by atoms with Crippen LogP contribution in [0.4, 0.5) is 0 Å². The van der Waals surface area contributed by atoms with Gasteiger partial charge in [0.1, 0.15) is 5.76 Å². The number of carbonyl (C=O) groups is 2. The Balaban J connectivity index is 2.46. The lowest BCUT2D eigenvalue weighted by atomic mass is 10.4. The Kier molecular flexibility index (Phi) is 3.82. The van der Waals surface area contributed by atoms with Gasteiger partial charge in [0.2, 0.25) is 11.8 Å². The molecule has 86 valence electrons. The van der Waals surface area contributed by atoms with Gasteiger partial charge in [-0.3, -0.25) is 4.79 Å². The van der Waals surface area contributed by atoms with Gasteiger partial charge >= 0.3 is 5.97 Å². The molecule has 0 saturated heterocycles. The molecule has 2 N–H and O–H groups in total. The molecule has 16 heavy (non-hydrogen) atoms. The maximum absolute atomic E-state index is 11.1. The van der Waals surface area contributed by atoms with Gasteiger partial charge in [-0.1, -0.05) is 0 Å². The minimum Gasteiger partial charge on any atom is -0.478 e. The molecular formula is C10H12N2O4. The first-order chi connectivity index (χ1) is 7.49. The van der Waals surface area contributed by atoms with E-state index in [1.165, 1.54) is 0 Å². The maximum atomic E-state index is 11.1. The van der Waals surface area contributed by atoms with Crippen LogP contribution in [0.5, 0.6) is 0 Å². The second-order valence-electron chi connectivity index (χ2n) is 3.14. The number of aromatic nitrogens is 1. The predicted octanol–water partition coefficient (Wildman–Crippen LogP) is 0.548. The lowest BCUT2D eigenvalue weighted by molar-refractivity contribution is -0.131. The van der Waals surface area contributed by atoms with Crippen molar-refractivity contribution in [2.24, 2.45) is 0 Å². The molecule has 0 unspecified atom stereocenters. The van der Waals surface area contributed by atoms with Crippen molar-refractivity contribution in [3.8, 4) is 0 Å². The summed E-state index contributed by atoms with van der Waals surface area (Å²) in [6.45, 7) is 3.71. The maximum Gasteiger partial charge on any atom is 0.328 e. The van der Waals surface area contributed by atoms with E-state index < -0.39 is 11.9 Å². The molecule has 6 heteroatoms. The highest BCUT2D eigenvalue weighted by molar-refractivity contribution is 5.93. The Morgan fingerprint density at radius 3 is 2.62 bits per heavy atom. The van der Waals surface area contributed by atoms with E-state index in [9.17, 15) is 9.59 Å². The summed E-state index contributed by atoms with van der Waals surface area (Å²) >= 11 is 0. The fourth-order valence-corrected chi connectivity index (χ4v) is 0.983. The molecule has 1 amide bonds. The zero-order valence-electron chi connectivity index (χ0n) is 8.98. The number of hydrogen-bond acceptors (Lipinski definition) is 4. The van der Waals surface area contributed by atoms with Crippen LogP contribution in [0.2, 0.25) is 0 Å². The third kappa shape index (κ3) is 3.56. The van der Waals surface area contributed by atoms with Gasteiger partial charge in [0, 0.05) is 12.2 Å². The number of nitrogens with one attached hydrogen (secondary N) is 1. The van der Waals surface area contributed by atoms with Crippen LogP contribution in [-0.2, 0) is 16.1 Å². The SMILES string of the molecule is Cc1nc(CNC(=O)/C=C/C(=O)O)oc1C. The Hall–Kier alpha value is -2.11. The second-order valence-corrected chi connectivity index (χ2v) is 3.14. The van der Waals surface area contributed by atoms with Crippen molar-refractivity contribution >= 4 is 11.9 Å². The highest BCUT2D eigenvalue weighted by atomic mass is 16.4. The van der Waals surface area contributed by atoms with Gasteiger partial charge in [0.25, 0.3) is 0 Å². The van der Waals surface area contributed by atoms with Crippen LogP contribution >= 0.6 is 0 Å². The first-order valence-corrected chi connectivity index (χ1v) is 4.61. The van der Waals surface area contributed by atoms with Crippen LogP contribution in [0.3, 0.4) is 0 Å². The summed E-state index contributed by atoms with van der Waals surface area (Å²) in [7, 11) is 0. The average Bonchev–Trinajstić information content (AvgIpc) is 2.52. The van der Waals surface area contributed by atoms with Gasteiger partial charge in [0.15, 0.2) is 0 Å². The van der Waals surface area contributed by atoms with Crippen LogP contribution in [0.25, 0.3) is 0 Å². The molecule has 1 heterocycles. The number of oxazole rings is 1. The van der Waals surface area contributed by atoms with Gasteiger partial charge in [-0.05, 0) is 13.8 Å². The molecule has 1 aromatic heterocycles. The van der Waals surface area contributed by atoms with Crippen molar-refractivity contribution in [2.45, 2.75) is 20.4 Å². The first-order valence-electron chi connectivity index (χ1n) is 4.61. The molecule has 0 aromatic carbocycles. The van der Waals surface area contributed by atoms with Crippen molar-refractivity contribution in [1.82, 2.24) is 10.3 Å². The molecule has 0 radical (unpaired) electrons. The number of amides is 1. The van der Waals surface area contributed by atoms with Crippen LogP contribution in [-0.4, -0.2) is 22.0 Å². The average molecular weight is 224 g/mol. The largest absolute Gasteiger partial charge is 0.478 e. The van der Waals surface area contributed by atoms with Crippen molar-refractivity contribution in [3.05, 3.63) is 29.5 Å². The summed E-state index contributed by atoms with van der Waals surface area (Å²) in [5, 5.41) is 10.7. The zero-order chi connectivity index (χ0) is 12.1. The number of aliphatic carboxylic acids is 1. The van der Waals surface area contributed by atoms with Crippen LogP contribution in [0, 0.1) is 13.8 Å². The van der Waals surface area contributed by atoms with E-state index in [0.717, 1.165) is 17.8 Å². The summed E-state index contributed by atoms with van der Waals surface area (Å²) in [4.78, 5) is 25.3. The molecule has 0 aliphatic rings. The van der Waals surface area contributed by atoms with E-state index in [1.54, 1.807) is 13.8 Å². The molecule has 1 aromatic rings. The summed E-state index contributed by atoms with van der Waals surface area (Å²) in [5.74, 6) is -0.578. The van der Waals surface area contributed by atoms with E-state index in [0.29, 0.717) is 11.7 Å². The fourth-order valence-electron chi connectivity index (χ4n) is 0.983. The molecule has 0 spiro atoms. The number of rotatable bonds is 4. The molecule has 0 bridgehead atoms. The molecule has 0 saturated carbocycles. The smallest absolute Gasteiger partial charge is 0.328 e. The molecule has 1 rings (SSSR count). The van der Waals surface area contributed by atoms with Crippen LogP contribution in [0.1, 0.15) is 17.3 Å². The molecule has 0 fully saturated rings. The molecular weight excluding hydrogens is 212 g/mol. The molecule has 6 nitrogen and oxygen atoms in total. The number of carboxylic acids is 1. The van der Waals surface area contributed by atoms with Crippen molar-refractivity contribution in [2.75, 3.05) is 0 Å². The van der Waals surface area contributed by atoms with Gasteiger partial charge < -0.3 is 14.8 Å². The standard InChI is InChI=1S/C10H12N2O4/c1-6-7(2)16-9(12-6)5-11-8(13)3-4-10(14)15/h3-4H,5H2,1-2H3,(H,11,13)(H,14,15)/b4-3+. The molecule has 0 atom stereocenters. The second kappa shape index (κ2) is 5.11. The number of carbonyl (C=O) groups excluding carboxylic acids is 1. The van der Waals surface area contributed by atoms with Gasteiger partial charge in [-0.25, -0.2) is 9.78 Å². The lowest BCUT2D eigenvalue weighted by Crippen LogP contribution is -2.20. The Morgan fingerprint density at radius 1 is 1.44 bits per heavy atom. The summed E-state index contributed by atoms with van der Waals surface area (Å²) in [6, 6.07) is 0. The van der Waals surface area contributed by atoms with E-state index in [-0.39, 0.29) is 6.54 Å². The number of carboxylic acid groups (broad SMARTS) is 1. The highest BCUT2D eigenvalue weighted by Crippen LogP contribution is 2.07. The number of aryl methyl sites for hydroxylation is 2. The van der Waals surface area contributed by atoms with Gasteiger partial charge in [-0.15, -0.1) is 0 Å². The zero-order valence-corrected chi connectivity index (χ0v) is 8.98. The third-order valence-electron chi connectivity index (χ3n) is 1.86. The van der Waals surface area contributed by atoms with E-state index in [1.807, 2.05) is 0 Å².